The first-order chi connectivity index (χ1) is 10.6. The SMILES string of the molecule is CCc1ccc(NS(=O)(=O)c2cccc3cccnc23)cc1. The molecule has 0 unspecified atom stereocenters. The standard InChI is InChI=1S/C17H16N2O2S/c1-2-13-8-10-15(11-9-13)19-22(20,21)16-7-3-5-14-6-4-12-18-17(14)16/h3-12,19H,2H2,1H3. The summed E-state index contributed by atoms with van der Waals surface area (Å²) in [7, 11) is -3.67. The first kappa shape index (κ1) is 14.5. The zero-order chi connectivity index (χ0) is 15.6. The molecular weight excluding hydrogens is 296 g/mol. The van der Waals surface area contributed by atoms with Gasteiger partial charge in [-0.05, 0) is 36.2 Å². The molecule has 0 radical (unpaired) electrons. The largest absolute Gasteiger partial charge is 0.280 e. The third-order valence-electron chi connectivity index (χ3n) is 3.50. The van der Waals surface area contributed by atoms with E-state index >= 15 is 0 Å². The Labute approximate surface area is 129 Å². The van der Waals surface area contributed by atoms with Crippen LogP contribution < -0.4 is 4.72 Å². The van der Waals surface area contributed by atoms with Gasteiger partial charge < -0.3 is 0 Å². The molecule has 0 fully saturated rings. The molecule has 4 nitrogen and oxygen atoms in total. The van der Waals surface area contributed by atoms with Gasteiger partial charge in [0.1, 0.15) is 4.90 Å². The van der Waals surface area contributed by atoms with Gasteiger partial charge in [-0.2, -0.15) is 0 Å². The molecule has 0 amide bonds. The van der Waals surface area contributed by atoms with E-state index in [1.807, 2.05) is 24.3 Å². The second-order valence-electron chi connectivity index (χ2n) is 4.99. The summed E-state index contributed by atoms with van der Waals surface area (Å²) in [6, 6.07) is 16.1. The van der Waals surface area contributed by atoms with Crippen LogP contribution in [0.4, 0.5) is 5.69 Å². The second kappa shape index (κ2) is 5.77. The Kier molecular flexibility index (Phi) is 3.81. The molecule has 22 heavy (non-hydrogen) atoms. The molecule has 5 heteroatoms. The summed E-state index contributed by atoms with van der Waals surface area (Å²) in [5.41, 5.74) is 2.18. The van der Waals surface area contributed by atoms with Crippen molar-refractivity contribution in [3.63, 3.8) is 0 Å². The number of hydrogen-bond donors (Lipinski definition) is 1. The number of benzene rings is 2. The number of fused-ring (bicyclic) bond motifs is 1. The van der Waals surface area contributed by atoms with Gasteiger partial charge >= 0.3 is 0 Å². The Balaban J connectivity index is 2.01. The Bertz CT molecular complexity index is 898. The number of hydrogen-bond acceptors (Lipinski definition) is 3. The lowest BCUT2D eigenvalue weighted by molar-refractivity contribution is 0.602. The van der Waals surface area contributed by atoms with E-state index in [-0.39, 0.29) is 4.90 Å². The van der Waals surface area contributed by atoms with E-state index in [4.69, 9.17) is 0 Å². The lowest BCUT2D eigenvalue weighted by atomic mass is 10.2. The molecule has 0 aliphatic heterocycles. The number of aromatic nitrogens is 1. The summed E-state index contributed by atoms with van der Waals surface area (Å²) < 4.78 is 27.8. The van der Waals surface area contributed by atoms with E-state index in [0.29, 0.717) is 11.2 Å². The Morgan fingerprint density at radius 2 is 1.73 bits per heavy atom. The first-order valence-electron chi connectivity index (χ1n) is 7.05. The minimum Gasteiger partial charge on any atom is -0.280 e. The Hall–Kier alpha value is -2.40. The van der Waals surface area contributed by atoms with Crippen molar-refractivity contribution < 1.29 is 8.42 Å². The van der Waals surface area contributed by atoms with Crippen molar-refractivity contribution in [2.45, 2.75) is 18.2 Å². The average molecular weight is 312 g/mol. The van der Waals surface area contributed by atoms with Gasteiger partial charge in [-0.1, -0.05) is 37.3 Å². The van der Waals surface area contributed by atoms with Crippen LogP contribution in [-0.2, 0) is 16.4 Å². The van der Waals surface area contributed by atoms with Gasteiger partial charge in [-0.25, -0.2) is 8.42 Å². The highest BCUT2D eigenvalue weighted by molar-refractivity contribution is 7.93. The average Bonchev–Trinajstić information content (AvgIpc) is 2.54. The summed E-state index contributed by atoms with van der Waals surface area (Å²) in [6.07, 6.45) is 2.51. The van der Waals surface area contributed by atoms with Crippen molar-refractivity contribution in [3.8, 4) is 0 Å². The highest BCUT2D eigenvalue weighted by Gasteiger charge is 2.18. The molecule has 1 heterocycles. The highest BCUT2D eigenvalue weighted by Crippen LogP contribution is 2.23. The molecule has 0 saturated heterocycles. The van der Waals surface area contributed by atoms with Gasteiger partial charge in [-0.3, -0.25) is 9.71 Å². The predicted octanol–water partition coefficient (Wildman–Crippen LogP) is 3.60. The van der Waals surface area contributed by atoms with Crippen molar-refractivity contribution in [1.82, 2.24) is 4.98 Å². The maximum Gasteiger partial charge on any atom is 0.264 e. The van der Waals surface area contributed by atoms with Crippen LogP contribution in [0.5, 0.6) is 0 Å². The summed E-state index contributed by atoms with van der Waals surface area (Å²) in [5, 5.41) is 0.798. The van der Waals surface area contributed by atoms with Crippen LogP contribution >= 0.6 is 0 Å². The Morgan fingerprint density at radius 1 is 1.00 bits per heavy atom. The summed E-state index contributed by atoms with van der Waals surface area (Å²) in [5.74, 6) is 0. The highest BCUT2D eigenvalue weighted by atomic mass is 32.2. The van der Waals surface area contributed by atoms with Crippen LogP contribution in [0.1, 0.15) is 12.5 Å². The van der Waals surface area contributed by atoms with Crippen molar-refractivity contribution in [2.75, 3.05) is 4.72 Å². The van der Waals surface area contributed by atoms with Crippen LogP contribution in [0.25, 0.3) is 10.9 Å². The van der Waals surface area contributed by atoms with E-state index in [1.165, 1.54) is 0 Å². The van der Waals surface area contributed by atoms with Gasteiger partial charge in [0, 0.05) is 17.3 Å². The molecule has 3 rings (SSSR count). The van der Waals surface area contributed by atoms with E-state index in [0.717, 1.165) is 17.4 Å². The molecule has 0 bridgehead atoms. The van der Waals surface area contributed by atoms with Crippen molar-refractivity contribution >= 4 is 26.6 Å². The second-order valence-corrected chi connectivity index (χ2v) is 6.64. The topological polar surface area (TPSA) is 59.1 Å². The van der Waals surface area contributed by atoms with Crippen molar-refractivity contribution in [2.24, 2.45) is 0 Å². The van der Waals surface area contributed by atoms with Gasteiger partial charge in [0.2, 0.25) is 0 Å². The number of para-hydroxylation sites is 1. The molecule has 1 N–H and O–H groups in total. The number of anilines is 1. The quantitative estimate of drug-likeness (QED) is 0.801. The van der Waals surface area contributed by atoms with Gasteiger partial charge in [0.25, 0.3) is 10.0 Å². The van der Waals surface area contributed by atoms with E-state index in [1.54, 1.807) is 36.5 Å². The third-order valence-corrected chi connectivity index (χ3v) is 4.91. The number of pyridine rings is 1. The van der Waals surface area contributed by atoms with Crippen LogP contribution in [0.3, 0.4) is 0 Å². The fraction of sp³-hybridized carbons (Fsp3) is 0.118. The lowest BCUT2D eigenvalue weighted by Gasteiger charge is -2.10. The molecule has 0 aliphatic carbocycles. The molecule has 0 aliphatic rings. The predicted molar refractivity (Wildman–Crippen MR) is 88.4 cm³/mol. The fourth-order valence-corrected chi connectivity index (χ4v) is 3.55. The van der Waals surface area contributed by atoms with Gasteiger partial charge in [0.05, 0.1) is 5.52 Å². The summed E-state index contributed by atoms with van der Waals surface area (Å²) >= 11 is 0. The number of nitrogens with one attached hydrogen (secondary N) is 1. The van der Waals surface area contributed by atoms with Crippen LogP contribution in [0.2, 0.25) is 0 Å². The van der Waals surface area contributed by atoms with Gasteiger partial charge in [0.15, 0.2) is 0 Å². The molecule has 3 aromatic rings. The number of sulfonamides is 1. The number of aryl methyl sites for hydroxylation is 1. The fourth-order valence-electron chi connectivity index (χ4n) is 2.31. The number of nitrogens with zero attached hydrogens (tertiary/aromatic N) is 1. The van der Waals surface area contributed by atoms with Crippen LogP contribution in [0.15, 0.2) is 65.7 Å². The molecule has 1 aromatic heterocycles. The summed E-state index contributed by atoms with van der Waals surface area (Å²) in [4.78, 5) is 4.38. The third kappa shape index (κ3) is 2.80. The van der Waals surface area contributed by atoms with Crippen molar-refractivity contribution in [1.29, 1.82) is 0 Å². The van der Waals surface area contributed by atoms with E-state index in [2.05, 4.69) is 16.6 Å². The maximum atomic E-state index is 12.6. The molecule has 0 saturated carbocycles. The zero-order valence-electron chi connectivity index (χ0n) is 12.2. The molecule has 0 atom stereocenters. The minimum atomic E-state index is -3.67. The van der Waals surface area contributed by atoms with E-state index in [9.17, 15) is 8.42 Å². The molecule has 112 valence electrons. The minimum absolute atomic E-state index is 0.185. The molecular formula is C17H16N2O2S. The normalized spacial score (nSPS) is 11.5. The smallest absolute Gasteiger partial charge is 0.264 e. The van der Waals surface area contributed by atoms with Crippen LogP contribution in [0, 0.1) is 0 Å². The monoisotopic (exact) mass is 312 g/mol. The zero-order valence-corrected chi connectivity index (χ0v) is 13.0. The summed E-state index contributed by atoms with van der Waals surface area (Å²) in [6.45, 7) is 2.06. The van der Waals surface area contributed by atoms with Gasteiger partial charge in [-0.15, -0.1) is 0 Å². The van der Waals surface area contributed by atoms with Crippen LogP contribution in [-0.4, -0.2) is 13.4 Å². The number of rotatable bonds is 4. The maximum absolute atomic E-state index is 12.6. The molecule has 0 spiro atoms. The van der Waals surface area contributed by atoms with E-state index < -0.39 is 10.0 Å². The molecule has 2 aromatic carbocycles. The lowest BCUT2D eigenvalue weighted by Crippen LogP contribution is -2.13. The van der Waals surface area contributed by atoms with Crippen molar-refractivity contribution in [3.05, 3.63) is 66.4 Å². The first-order valence-corrected chi connectivity index (χ1v) is 8.54. The Morgan fingerprint density at radius 3 is 2.45 bits per heavy atom.